The van der Waals surface area contributed by atoms with Crippen molar-refractivity contribution in [2.75, 3.05) is 57.8 Å². The fraction of sp³-hybridized carbons (Fsp3) is 0.700. The van der Waals surface area contributed by atoms with Crippen LogP contribution in [0.1, 0.15) is 42.5 Å². The Hall–Kier alpha value is -1.66. The van der Waals surface area contributed by atoms with Crippen molar-refractivity contribution < 1.29 is 9.53 Å². The number of ether oxygens (including phenoxy) is 1. The van der Waals surface area contributed by atoms with E-state index < -0.39 is 0 Å². The maximum atomic E-state index is 12.8. The molecule has 0 N–H and O–H groups in total. The predicted molar refractivity (Wildman–Crippen MR) is 102 cm³/mol. The molecule has 0 saturated carbocycles. The van der Waals surface area contributed by atoms with Crippen molar-refractivity contribution in [3.8, 4) is 0 Å². The molecule has 3 saturated heterocycles. The number of carbonyl (C=O) groups excluding carboxylic acids is 1. The van der Waals surface area contributed by atoms with Crippen LogP contribution in [0.2, 0.25) is 0 Å². The maximum absolute atomic E-state index is 12.8. The van der Waals surface area contributed by atoms with Gasteiger partial charge in [-0.25, -0.2) is 4.98 Å². The van der Waals surface area contributed by atoms with Crippen LogP contribution in [-0.4, -0.2) is 79.2 Å². The minimum absolute atomic E-state index is 0.0562. The first-order valence-electron chi connectivity index (χ1n) is 9.98. The number of hydrogen-bond acceptors (Lipinski definition) is 5. The van der Waals surface area contributed by atoms with Crippen LogP contribution in [0.3, 0.4) is 0 Å². The molecule has 3 fully saturated rings. The van der Waals surface area contributed by atoms with Gasteiger partial charge in [-0.1, -0.05) is 0 Å². The first-order valence-corrected chi connectivity index (χ1v) is 9.98. The number of rotatable bonds is 2. The van der Waals surface area contributed by atoms with E-state index in [1.807, 2.05) is 17.0 Å². The molecule has 3 aliphatic heterocycles. The molecule has 142 valence electrons. The van der Waals surface area contributed by atoms with Crippen molar-refractivity contribution in [3.63, 3.8) is 0 Å². The second-order valence-electron chi connectivity index (χ2n) is 8.01. The van der Waals surface area contributed by atoms with Crippen molar-refractivity contribution in [2.24, 2.45) is 0 Å². The highest BCUT2D eigenvalue weighted by atomic mass is 16.5. The first-order chi connectivity index (χ1) is 12.7. The third kappa shape index (κ3) is 3.71. The van der Waals surface area contributed by atoms with Gasteiger partial charge in [0.1, 0.15) is 5.82 Å². The van der Waals surface area contributed by atoms with Gasteiger partial charge in [0, 0.05) is 51.0 Å². The molecule has 4 heterocycles. The summed E-state index contributed by atoms with van der Waals surface area (Å²) in [6, 6.07) is 3.83. The summed E-state index contributed by atoms with van der Waals surface area (Å²) in [5, 5.41) is 0. The van der Waals surface area contributed by atoms with Gasteiger partial charge in [0.15, 0.2) is 0 Å². The molecule has 0 atom stereocenters. The Labute approximate surface area is 156 Å². The number of amides is 1. The second-order valence-corrected chi connectivity index (χ2v) is 8.01. The van der Waals surface area contributed by atoms with Crippen LogP contribution < -0.4 is 4.90 Å². The number of hydrogen-bond donors (Lipinski definition) is 0. The lowest BCUT2D eigenvalue weighted by Crippen LogP contribution is -2.56. The van der Waals surface area contributed by atoms with Gasteiger partial charge in [-0.15, -0.1) is 0 Å². The molecular weight excluding hydrogens is 328 g/mol. The molecule has 1 aromatic rings. The fourth-order valence-corrected chi connectivity index (χ4v) is 4.37. The quantitative estimate of drug-likeness (QED) is 0.809. The summed E-state index contributed by atoms with van der Waals surface area (Å²) in [7, 11) is 2.17. The molecule has 0 aromatic carbocycles. The number of morpholine rings is 1. The standard InChI is InChI=1S/C20H30N4O2/c1-22-11-6-20(7-12-22)16-24(13-14-26-20)18-15-17(5-8-21-18)19(25)23-9-3-2-4-10-23/h5,8,15H,2-4,6-7,9-14,16H2,1H3. The van der Waals surface area contributed by atoms with Gasteiger partial charge in [-0.2, -0.15) is 0 Å². The van der Waals surface area contributed by atoms with Gasteiger partial charge < -0.3 is 19.4 Å². The average Bonchev–Trinajstić information content (AvgIpc) is 2.71. The zero-order valence-electron chi connectivity index (χ0n) is 15.8. The molecule has 0 aliphatic carbocycles. The summed E-state index contributed by atoms with van der Waals surface area (Å²) < 4.78 is 6.21. The number of carbonyl (C=O) groups is 1. The third-order valence-corrected chi connectivity index (χ3v) is 6.11. The Morgan fingerprint density at radius 2 is 1.88 bits per heavy atom. The van der Waals surface area contributed by atoms with E-state index in [0.717, 1.165) is 82.9 Å². The van der Waals surface area contributed by atoms with Gasteiger partial charge in [0.05, 0.1) is 12.2 Å². The zero-order chi connectivity index (χ0) is 18.0. The normalized spacial score (nSPS) is 24.0. The highest BCUT2D eigenvalue weighted by Crippen LogP contribution is 2.31. The minimum atomic E-state index is -0.0562. The third-order valence-electron chi connectivity index (χ3n) is 6.11. The molecule has 0 unspecified atom stereocenters. The Morgan fingerprint density at radius 3 is 2.65 bits per heavy atom. The monoisotopic (exact) mass is 358 g/mol. The van der Waals surface area contributed by atoms with Gasteiger partial charge in [-0.05, 0) is 51.3 Å². The van der Waals surface area contributed by atoms with E-state index in [4.69, 9.17) is 4.74 Å². The van der Waals surface area contributed by atoms with Crippen LogP contribution >= 0.6 is 0 Å². The maximum Gasteiger partial charge on any atom is 0.254 e. The highest BCUT2D eigenvalue weighted by molar-refractivity contribution is 5.94. The largest absolute Gasteiger partial charge is 0.371 e. The van der Waals surface area contributed by atoms with Gasteiger partial charge >= 0.3 is 0 Å². The zero-order valence-corrected chi connectivity index (χ0v) is 15.8. The van der Waals surface area contributed by atoms with Crippen molar-refractivity contribution >= 4 is 11.7 Å². The Morgan fingerprint density at radius 1 is 1.12 bits per heavy atom. The minimum Gasteiger partial charge on any atom is -0.371 e. The van der Waals surface area contributed by atoms with Crippen molar-refractivity contribution in [2.45, 2.75) is 37.7 Å². The highest BCUT2D eigenvalue weighted by Gasteiger charge is 2.39. The summed E-state index contributed by atoms with van der Waals surface area (Å²) >= 11 is 0. The van der Waals surface area contributed by atoms with Crippen molar-refractivity contribution in [1.29, 1.82) is 0 Å². The SMILES string of the molecule is CN1CCC2(CC1)CN(c1cc(C(=O)N3CCCCC3)ccn1)CCO2. The molecular formula is C20H30N4O2. The fourth-order valence-electron chi connectivity index (χ4n) is 4.37. The summed E-state index contributed by atoms with van der Waals surface area (Å²) in [5.74, 6) is 1.06. The van der Waals surface area contributed by atoms with Gasteiger partial charge in [0.25, 0.3) is 5.91 Å². The van der Waals surface area contributed by atoms with E-state index in [2.05, 4.69) is 21.8 Å². The topological polar surface area (TPSA) is 48.9 Å². The van der Waals surface area contributed by atoms with E-state index in [1.165, 1.54) is 6.42 Å². The molecule has 3 aliphatic rings. The number of aromatic nitrogens is 1. The first kappa shape index (κ1) is 17.7. The second kappa shape index (κ2) is 7.53. The number of likely N-dealkylation sites (tertiary alicyclic amines) is 2. The average molecular weight is 358 g/mol. The van der Waals surface area contributed by atoms with Gasteiger partial charge in [-0.3, -0.25) is 4.79 Å². The summed E-state index contributed by atoms with van der Waals surface area (Å²) in [5.41, 5.74) is 0.708. The number of piperidine rings is 2. The number of pyridine rings is 1. The van der Waals surface area contributed by atoms with E-state index in [-0.39, 0.29) is 11.5 Å². The molecule has 6 nitrogen and oxygen atoms in total. The lowest BCUT2D eigenvalue weighted by molar-refractivity contribution is -0.0884. The van der Waals surface area contributed by atoms with Crippen LogP contribution in [0, 0.1) is 0 Å². The lowest BCUT2D eigenvalue weighted by Gasteiger charge is -2.47. The molecule has 4 rings (SSSR count). The van der Waals surface area contributed by atoms with E-state index >= 15 is 0 Å². The Bertz CT molecular complexity index is 636. The molecule has 0 radical (unpaired) electrons. The predicted octanol–water partition coefficient (Wildman–Crippen LogP) is 2.01. The molecule has 1 amide bonds. The molecule has 26 heavy (non-hydrogen) atoms. The summed E-state index contributed by atoms with van der Waals surface area (Å²) in [4.78, 5) is 24.0. The summed E-state index contributed by atoms with van der Waals surface area (Å²) in [6.07, 6.45) is 7.37. The van der Waals surface area contributed by atoms with Crippen LogP contribution in [-0.2, 0) is 4.74 Å². The summed E-state index contributed by atoms with van der Waals surface area (Å²) in [6.45, 7) is 6.36. The molecule has 1 spiro atoms. The van der Waals surface area contributed by atoms with Gasteiger partial charge in [0.2, 0.25) is 0 Å². The van der Waals surface area contributed by atoms with E-state index in [1.54, 1.807) is 6.20 Å². The molecule has 1 aromatic heterocycles. The van der Waals surface area contributed by atoms with E-state index in [9.17, 15) is 4.79 Å². The Kier molecular flexibility index (Phi) is 5.14. The lowest BCUT2D eigenvalue weighted by atomic mass is 9.89. The van der Waals surface area contributed by atoms with E-state index in [0.29, 0.717) is 0 Å². The molecule has 0 bridgehead atoms. The number of nitrogens with zero attached hydrogens (tertiary/aromatic N) is 4. The van der Waals surface area contributed by atoms with Crippen LogP contribution in [0.5, 0.6) is 0 Å². The van der Waals surface area contributed by atoms with Crippen molar-refractivity contribution in [1.82, 2.24) is 14.8 Å². The van der Waals surface area contributed by atoms with Crippen LogP contribution in [0.4, 0.5) is 5.82 Å². The smallest absolute Gasteiger partial charge is 0.254 e. The van der Waals surface area contributed by atoms with Crippen molar-refractivity contribution in [3.05, 3.63) is 23.9 Å². The Balaban J connectivity index is 1.48. The number of anilines is 1. The van der Waals surface area contributed by atoms with Crippen LogP contribution in [0.15, 0.2) is 18.3 Å². The molecule has 6 heteroatoms. The van der Waals surface area contributed by atoms with Crippen LogP contribution in [0.25, 0.3) is 0 Å².